The molecular weight excluding hydrogens is 366 g/mol. The molecule has 0 saturated carbocycles. The lowest BCUT2D eigenvalue weighted by Gasteiger charge is -2.16. The first-order valence-corrected chi connectivity index (χ1v) is 9.32. The Morgan fingerprint density at radius 3 is 2.74 bits per heavy atom. The SMILES string of the molecule is CCc1cc2c(=O)n(C(C)C(=O)Nc3cc(OC)ccc3OC)cnc2s1. The molecule has 3 rings (SSSR count). The fourth-order valence-corrected chi connectivity index (χ4v) is 3.64. The van der Waals surface area contributed by atoms with E-state index in [1.165, 1.54) is 29.3 Å². The molecule has 7 nitrogen and oxygen atoms in total. The zero-order valence-corrected chi connectivity index (χ0v) is 16.4. The van der Waals surface area contributed by atoms with E-state index in [-0.39, 0.29) is 11.5 Å². The van der Waals surface area contributed by atoms with Gasteiger partial charge >= 0.3 is 0 Å². The number of amides is 1. The number of rotatable bonds is 6. The Kier molecular flexibility index (Phi) is 5.46. The third-order valence-electron chi connectivity index (χ3n) is 4.34. The Bertz CT molecular complexity index is 1040. The number of nitrogens with zero attached hydrogens (tertiary/aromatic N) is 2. The minimum atomic E-state index is -0.740. The molecule has 0 aliphatic rings. The van der Waals surface area contributed by atoms with Gasteiger partial charge in [0.2, 0.25) is 5.91 Å². The molecule has 0 bridgehead atoms. The van der Waals surface area contributed by atoms with Crippen molar-refractivity contribution in [1.29, 1.82) is 0 Å². The smallest absolute Gasteiger partial charge is 0.262 e. The Morgan fingerprint density at radius 1 is 1.30 bits per heavy atom. The number of methoxy groups -OCH3 is 2. The van der Waals surface area contributed by atoms with Gasteiger partial charge in [0.05, 0.1) is 31.6 Å². The molecule has 27 heavy (non-hydrogen) atoms. The van der Waals surface area contributed by atoms with E-state index >= 15 is 0 Å². The first-order valence-electron chi connectivity index (χ1n) is 8.51. The van der Waals surface area contributed by atoms with E-state index in [4.69, 9.17) is 9.47 Å². The second-order valence-corrected chi connectivity index (χ2v) is 7.09. The van der Waals surface area contributed by atoms with Gasteiger partial charge in [-0.2, -0.15) is 0 Å². The van der Waals surface area contributed by atoms with Gasteiger partial charge in [0.15, 0.2) is 0 Å². The van der Waals surface area contributed by atoms with Crippen LogP contribution in [0.25, 0.3) is 10.2 Å². The highest BCUT2D eigenvalue weighted by Gasteiger charge is 2.20. The van der Waals surface area contributed by atoms with Gasteiger partial charge < -0.3 is 14.8 Å². The lowest BCUT2D eigenvalue weighted by Crippen LogP contribution is -2.31. The topological polar surface area (TPSA) is 82.5 Å². The largest absolute Gasteiger partial charge is 0.497 e. The third kappa shape index (κ3) is 3.66. The predicted octanol–water partition coefficient (Wildman–Crippen LogP) is 3.24. The van der Waals surface area contributed by atoms with Gasteiger partial charge in [0, 0.05) is 10.9 Å². The van der Waals surface area contributed by atoms with Crippen molar-refractivity contribution in [1.82, 2.24) is 9.55 Å². The number of carbonyl (C=O) groups excluding carboxylic acids is 1. The summed E-state index contributed by atoms with van der Waals surface area (Å²) in [6.45, 7) is 3.69. The molecule has 1 unspecified atom stereocenters. The zero-order chi connectivity index (χ0) is 19.6. The molecule has 0 saturated heterocycles. The summed E-state index contributed by atoms with van der Waals surface area (Å²) < 4.78 is 11.8. The number of ether oxygens (including phenoxy) is 2. The van der Waals surface area contributed by atoms with E-state index in [9.17, 15) is 9.59 Å². The number of thiophene rings is 1. The van der Waals surface area contributed by atoms with E-state index in [1.807, 2.05) is 13.0 Å². The van der Waals surface area contributed by atoms with Crippen LogP contribution in [0.15, 0.2) is 35.4 Å². The average Bonchev–Trinajstić information content (AvgIpc) is 3.12. The Morgan fingerprint density at radius 2 is 2.07 bits per heavy atom. The molecule has 0 fully saturated rings. The van der Waals surface area contributed by atoms with E-state index in [2.05, 4.69) is 10.3 Å². The highest BCUT2D eigenvalue weighted by Crippen LogP contribution is 2.29. The van der Waals surface area contributed by atoms with Crippen LogP contribution in [0.5, 0.6) is 11.5 Å². The Balaban J connectivity index is 1.91. The van der Waals surface area contributed by atoms with Crippen LogP contribution in [-0.2, 0) is 11.2 Å². The highest BCUT2D eigenvalue weighted by molar-refractivity contribution is 7.18. The highest BCUT2D eigenvalue weighted by atomic mass is 32.1. The summed E-state index contributed by atoms with van der Waals surface area (Å²) in [5, 5.41) is 3.34. The minimum absolute atomic E-state index is 0.226. The second kappa shape index (κ2) is 7.79. The van der Waals surface area contributed by atoms with E-state index < -0.39 is 6.04 Å². The molecule has 1 N–H and O–H groups in total. The molecule has 0 spiro atoms. The molecule has 1 amide bonds. The van der Waals surface area contributed by atoms with Crippen molar-refractivity contribution in [2.45, 2.75) is 26.3 Å². The molecule has 2 heterocycles. The van der Waals surface area contributed by atoms with Crippen LogP contribution in [0.4, 0.5) is 5.69 Å². The molecule has 3 aromatic rings. The van der Waals surface area contributed by atoms with Crippen molar-refractivity contribution < 1.29 is 14.3 Å². The van der Waals surface area contributed by atoms with E-state index in [0.717, 1.165) is 11.3 Å². The van der Waals surface area contributed by atoms with Crippen LogP contribution in [0.2, 0.25) is 0 Å². The van der Waals surface area contributed by atoms with Gasteiger partial charge in [-0.05, 0) is 31.5 Å². The molecular formula is C19H21N3O4S. The number of nitrogens with one attached hydrogen (secondary N) is 1. The number of hydrogen-bond donors (Lipinski definition) is 1. The maximum atomic E-state index is 12.8. The van der Waals surface area contributed by atoms with E-state index in [0.29, 0.717) is 27.4 Å². The molecule has 0 aliphatic carbocycles. The fraction of sp³-hybridized carbons (Fsp3) is 0.316. The van der Waals surface area contributed by atoms with Crippen molar-refractivity contribution >= 4 is 33.1 Å². The van der Waals surface area contributed by atoms with Crippen LogP contribution >= 0.6 is 11.3 Å². The predicted molar refractivity (Wildman–Crippen MR) is 106 cm³/mol. The lowest BCUT2D eigenvalue weighted by atomic mass is 10.2. The van der Waals surface area contributed by atoms with Crippen LogP contribution in [0.1, 0.15) is 24.8 Å². The molecule has 0 radical (unpaired) electrons. The molecule has 1 atom stereocenters. The first kappa shape index (κ1) is 18.9. The summed E-state index contributed by atoms with van der Waals surface area (Å²) in [7, 11) is 3.06. The zero-order valence-electron chi connectivity index (χ0n) is 15.6. The quantitative estimate of drug-likeness (QED) is 0.702. The summed E-state index contributed by atoms with van der Waals surface area (Å²) in [6.07, 6.45) is 2.26. The standard InChI is InChI=1S/C19H21N3O4S/c1-5-13-9-14-18(27-13)20-10-22(19(14)24)11(2)17(23)21-15-8-12(25-3)6-7-16(15)26-4/h6-11H,5H2,1-4H3,(H,21,23). The third-order valence-corrected chi connectivity index (χ3v) is 5.52. The van der Waals surface area contributed by atoms with Gasteiger partial charge in [-0.15, -0.1) is 11.3 Å². The summed E-state index contributed by atoms with van der Waals surface area (Å²) >= 11 is 1.50. The molecule has 8 heteroatoms. The van der Waals surface area contributed by atoms with Crippen molar-refractivity contribution in [3.8, 4) is 11.5 Å². The number of benzene rings is 1. The maximum absolute atomic E-state index is 12.8. The van der Waals surface area contributed by atoms with Gasteiger partial charge in [-0.25, -0.2) is 4.98 Å². The molecule has 1 aromatic carbocycles. The number of fused-ring (bicyclic) bond motifs is 1. The monoisotopic (exact) mass is 387 g/mol. The van der Waals surface area contributed by atoms with Gasteiger partial charge in [0.1, 0.15) is 22.4 Å². The van der Waals surface area contributed by atoms with Crippen LogP contribution in [-0.4, -0.2) is 29.7 Å². The second-order valence-electron chi connectivity index (χ2n) is 5.97. The normalized spacial score (nSPS) is 12.0. The first-order chi connectivity index (χ1) is 13.0. The summed E-state index contributed by atoms with van der Waals surface area (Å²) in [5.41, 5.74) is 0.246. The van der Waals surface area contributed by atoms with Crippen molar-refractivity contribution in [2.24, 2.45) is 0 Å². The van der Waals surface area contributed by atoms with Gasteiger partial charge in [-0.3, -0.25) is 14.2 Å². The number of hydrogen-bond acceptors (Lipinski definition) is 6. The maximum Gasteiger partial charge on any atom is 0.262 e. The van der Waals surface area contributed by atoms with Crippen molar-refractivity contribution in [2.75, 3.05) is 19.5 Å². The summed E-state index contributed by atoms with van der Waals surface area (Å²) in [5.74, 6) is 0.739. The number of aromatic nitrogens is 2. The lowest BCUT2D eigenvalue weighted by molar-refractivity contribution is -0.118. The van der Waals surface area contributed by atoms with Crippen molar-refractivity contribution in [3.05, 3.63) is 45.8 Å². The van der Waals surface area contributed by atoms with E-state index in [1.54, 1.807) is 32.2 Å². The molecule has 142 valence electrons. The van der Waals surface area contributed by atoms with Crippen LogP contribution in [0, 0.1) is 0 Å². The fourth-order valence-electron chi connectivity index (χ4n) is 2.71. The number of aryl methyl sites for hydroxylation is 1. The Labute approximate surface area is 160 Å². The minimum Gasteiger partial charge on any atom is -0.497 e. The Hall–Kier alpha value is -2.87. The molecule has 2 aromatic heterocycles. The number of anilines is 1. The number of carbonyl (C=O) groups is 1. The van der Waals surface area contributed by atoms with Crippen LogP contribution in [0.3, 0.4) is 0 Å². The van der Waals surface area contributed by atoms with Crippen LogP contribution < -0.4 is 20.3 Å². The average molecular weight is 387 g/mol. The van der Waals surface area contributed by atoms with Gasteiger partial charge in [0.25, 0.3) is 5.56 Å². The molecule has 0 aliphatic heterocycles. The summed E-state index contributed by atoms with van der Waals surface area (Å²) in [4.78, 5) is 31.6. The van der Waals surface area contributed by atoms with Gasteiger partial charge in [-0.1, -0.05) is 6.92 Å². The summed E-state index contributed by atoms with van der Waals surface area (Å²) in [6, 6.07) is 6.22. The van der Waals surface area contributed by atoms with Crippen molar-refractivity contribution in [3.63, 3.8) is 0 Å².